The van der Waals surface area contributed by atoms with Crippen LogP contribution in [0.15, 0.2) is 58.6 Å². The van der Waals surface area contributed by atoms with Crippen LogP contribution < -0.4 is 16.5 Å². The molecule has 0 aliphatic carbocycles. The Morgan fingerprint density at radius 3 is 2.52 bits per heavy atom. The molecule has 0 radical (unpaired) electrons. The molecule has 10 nitrogen and oxygen atoms in total. The van der Waals surface area contributed by atoms with Crippen LogP contribution in [-0.2, 0) is 0 Å². The molecule has 0 saturated heterocycles. The fraction of sp³-hybridized carbons (Fsp3) is 0.0588. The molecule has 4 aromatic rings. The molecule has 0 aromatic carbocycles. The molecule has 2 N–H and O–H groups in total. The van der Waals surface area contributed by atoms with E-state index in [1.807, 2.05) is 0 Å². The van der Waals surface area contributed by atoms with Gasteiger partial charge in [0.2, 0.25) is 0 Å². The van der Waals surface area contributed by atoms with Gasteiger partial charge in [-0.05, 0) is 25.1 Å². The summed E-state index contributed by atoms with van der Waals surface area (Å²) in [7, 11) is 0. The number of amides is 1. The van der Waals surface area contributed by atoms with Crippen molar-refractivity contribution in [2.45, 2.75) is 6.92 Å². The highest BCUT2D eigenvalue weighted by Gasteiger charge is 2.17. The van der Waals surface area contributed by atoms with E-state index in [1.54, 1.807) is 13.0 Å². The first-order valence-corrected chi connectivity index (χ1v) is 7.92. The van der Waals surface area contributed by atoms with E-state index in [2.05, 4.69) is 25.5 Å². The lowest BCUT2D eigenvalue weighted by atomic mass is 10.2. The number of H-pyrrole nitrogens is 1. The van der Waals surface area contributed by atoms with Crippen LogP contribution >= 0.6 is 0 Å². The van der Waals surface area contributed by atoms with Crippen LogP contribution in [0.1, 0.15) is 16.1 Å². The summed E-state index contributed by atoms with van der Waals surface area (Å²) in [4.78, 5) is 49.5. The van der Waals surface area contributed by atoms with Crippen molar-refractivity contribution in [3.63, 3.8) is 0 Å². The van der Waals surface area contributed by atoms with Crippen molar-refractivity contribution in [2.75, 3.05) is 5.43 Å². The first-order chi connectivity index (χ1) is 13.1. The van der Waals surface area contributed by atoms with Gasteiger partial charge in [-0.25, -0.2) is 14.6 Å². The summed E-state index contributed by atoms with van der Waals surface area (Å²) in [6, 6.07) is 5.89. The highest BCUT2D eigenvalue weighted by atomic mass is 16.2. The Labute approximate surface area is 151 Å². The number of aryl methyl sites for hydroxylation is 1. The van der Waals surface area contributed by atoms with E-state index >= 15 is 0 Å². The van der Waals surface area contributed by atoms with Crippen molar-refractivity contribution in [1.82, 2.24) is 29.4 Å². The summed E-state index contributed by atoms with van der Waals surface area (Å²) >= 11 is 0. The van der Waals surface area contributed by atoms with Gasteiger partial charge < -0.3 is 0 Å². The van der Waals surface area contributed by atoms with Gasteiger partial charge in [0.1, 0.15) is 0 Å². The second kappa shape index (κ2) is 6.33. The van der Waals surface area contributed by atoms with Gasteiger partial charge in [0.25, 0.3) is 23.0 Å². The fourth-order valence-corrected chi connectivity index (χ4v) is 2.73. The number of carbonyl (C=O) groups is 1. The van der Waals surface area contributed by atoms with Crippen LogP contribution in [0.4, 0.5) is 0 Å². The lowest BCUT2D eigenvalue weighted by Gasteiger charge is -2.11. The molecule has 0 fully saturated rings. The number of hydrogen-bond donors (Lipinski definition) is 2. The maximum absolute atomic E-state index is 12.8. The maximum Gasteiger partial charge on any atom is 0.283 e. The first kappa shape index (κ1) is 16.4. The molecule has 0 aliphatic rings. The third-order valence-electron chi connectivity index (χ3n) is 4.01. The topological polar surface area (TPSA) is 128 Å². The summed E-state index contributed by atoms with van der Waals surface area (Å²) < 4.78 is 2.18. The first-order valence-electron chi connectivity index (χ1n) is 7.92. The minimum absolute atomic E-state index is 0.151. The molecule has 1 amide bonds. The van der Waals surface area contributed by atoms with Crippen molar-refractivity contribution in [1.29, 1.82) is 0 Å². The van der Waals surface area contributed by atoms with Crippen LogP contribution in [0.25, 0.3) is 16.9 Å². The van der Waals surface area contributed by atoms with E-state index in [1.165, 1.54) is 43.0 Å². The SMILES string of the molecule is Cc1c2c(=O)n(-c3ncccn3)[nH]c2cc(=O)n1NC(=O)c1ccncc1. The molecule has 27 heavy (non-hydrogen) atoms. The molecular weight excluding hydrogens is 350 g/mol. The zero-order chi connectivity index (χ0) is 19.0. The van der Waals surface area contributed by atoms with Crippen LogP contribution in [0.3, 0.4) is 0 Å². The molecule has 0 spiro atoms. The zero-order valence-corrected chi connectivity index (χ0v) is 14.1. The normalized spacial score (nSPS) is 10.9. The Morgan fingerprint density at radius 1 is 1.11 bits per heavy atom. The zero-order valence-electron chi connectivity index (χ0n) is 14.1. The van der Waals surface area contributed by atoms with Crippen molar-refractivity contribution in [2.24, 2.45) is 0 Å². The van der Waals surface area contributed by atoms with E-state index in [0.29, 0.717) is 11.1 Å². The van der Waals surface area contributed by atoms with Gasteiger partial charge in [-0.1, -0.05) is 0 Å². The molecule has 0 unspecified atom stereocenters. The van der Waals surface area contributed by atoms with Gasteiger partial charge in [0.15, 0.2) is 0 Å². The lowest BCUT2D eigenvalue weighted by molar-refractivity contribution is 0.101. The number of nitrogens with one attached hydrogen (secondary N) is 2. The highest BCUT2D eigenvalue weighted by molar-refractivity contribution is 6.00. The van der Waals surface area contributed by atoms with E-state index in [4.69, 9.17) is 0 Å². The van der Waals surface area contributed by atoms with E-state index in [9.17, 15) is 14.4 Å². The molecule has 4 aromatic heterocycles. The van der Waals surface area contributed by atoms with Gasteiger partial charge in [0, 0.05) is 36.4 Å². The molecular formula is C17H13N7O3. The van der Waals surface area contributed by atoms with Crippen molar-refractivity contribution < 1.29 is 4.79 Å². The average molecular weight is 363 g/mol. The number of pyridine rings is 2. The van der Waals surface area contributed by atoms with E-state index < -0.39 is 17.0 Å². The Hall–Kier alpha value is -4.08. The third-order valence-corrected chi connectivity index (χ3v) is 4.01. The quantitative estimate of drug-likeness (QED) is 0.541. The number of aromatic nitrogens is 6. The molecule has 0 aliphatic heterocycles. The summed E-state index contributed by atoms with van der Waals surface area (Å²) in [5, 5.41) is 3.07. The predicted octanol–water partition coefficient (Wildman–Crippen LogP) is 0.358. The monoisotopic (exact) mass is 363 g/mol. The minimum Gasteiger partial charge on any atom is -0.287 e. The number of fused-ring (bicyclic) bond motifs is 1. The van der Waals surface area contributed by atoms with Crippen LogP contribution in [0.5, 0.6) is 0 Å². The number of aromatic amines is 1. The summed E-state index contributed by atoms with van der Waals surface area (Å²) in [6.45, 7) is 1.57. The summed E-state index contributed by atoms with van der Waals surface area (Å²) in [5.74, 6) is -0.345. The van der Waals surface area contributed by atoms with Crippen molar-refractivity contribution in [3.8, 4) is 5.95 Å². The molecule has 0 saturated carbocycles. The highest BCUT2D eigenvalue weighted by Crippen LogP contribution is 2.11. The van der Waals surface area contributed by atoms with Gasteiger partial charge in [-0.2, -0.15) is 4.68 Å². The molecule has 134 valence electrons. The number of nitrogens with zero attached hydrogens (tertiary/aromatic N) is 5. The number of carbonyl (C=O) groups excluding carboxylic acids is 1. The number of hydrogen-bond acceptors (Lipinski definition) is 6. The number of rotatable bonds is 3. The second-order valence-electron chi connectivity index (χ2n) is 5.67. The Balaban J connectivity index is 1.84. The second-order valence-corrected chi connectivity index (χ2v) is 5.67. The smallest absolute Gasteiger partial charge is 0.283 e. The maximum atomic E-state index is 12.8. The Morgan fingerprint density at radius 2 is 1.81 bits per heavy atom. The Kier molecular flexibility index (Phi) is 3.84. The molecule has 4 heterocycles. The average Bonchev–Trinajstić information content (AvgIpc) is 3.02. The van der Waals surface area contributed by atoms with Gasteiger partial charge in [0.05, 0.1) is 16.6 Å². The van der Waals surface area contributed by atoms with Crippen LogP contribution in [0, 0.1) is 6.92 Å². The van der Waals surface area contributed by atoms with Crippen LogP contribution in [0.2, 0.25) is 0 Å². The predicted molar refractivity (Wildman–Crippen MR) is 96.4 cm³/mol. The lowest BCUT2D eigenvalue weighted by Crippen LogP contribution is -2.34. The molecule has 0 bridgehead atoms. The third kappa shape index (κ3) is 2.78. The standard InChI is InChI=1S/C17H13N7O3/c1-10-14-12(21-24(16(14)27)17-19-5-2-6-20-17)9-13(25)23(10)22-15(26)11-3-7-18-8-4-11/h2-9,21H,1H3,(H,22,26). The van der Waals surface area contributed by atoms with Crippen molar-refractivity contribution >= 4 is 16.8 Å². The van der Waals surface area contributed by atoms with Crippen molar-refractivity contribution in [3.05, 3.63) is 81.0 Å². The molecule has 4 rings (SSSR count). The fourth-order valence-electron chi connectivity index (χ4n) is 2.73. The van der Waals surface area contributed by atoms with Crippen LogP contribution in [-0.4, -0.2) is 35.3 Å². The summed E-state index contributed by atoms with van der Waals surface area (Å²) in [6.07, 6.45) is 5.94. The minimum atomic E-state index is -0.496. The molecule has 0 atom stereocenters. The molecule has 10 heteroatoms. The van der Waals surface area contributed by atoms with Gasteiger partial charge >= 0.3 is 0 Å². The summed E-state index contributed by atoms with van der Waals surface area (Å²) in [5.41, 5.74) is 2.53. The van der Waals surface area contributed by atoms with E-state index in [0.717, 1.165) is 9.36 Å². The van der Waals surface area contributed by atoms with E-state index in [-0.39, 0.29) is 17.0 Å². The van der Waals surface area contributed by atoms with Gasteiger partial charge in [-0.15, -0.1) is 0 Å². The largest absolute Gasteiger partial charge is 0.287 e. The van der Waals surface area contributed by atoms with Gasteiger partial charge in [-0.3, -0.25) is 29.9 Å². The Bertz CT molecular complexity index is 1260.